The van der Waals surface area contributed by atoms with Gasteiger partial charge in [-0.05, 0) is 25.5 Å². The summed E-state index contributed by atoms with van der Waals surface area (Å²) in [5.74, 6) is 0. The zero-order valence-electron chi connectivity index (χ0n) is 10.9. The summed E-state index contributed by atoms with van der Waals surface area (Å²) in [6.45, 7) is 5.14. The highest BCUT2D eigenvalue weighted by Gasteiger charge is 2.03. The molecule has 0 spiro atoms. The Hall–Kier alpha value is -0.840. The predicted molar refractivity (Wildman–Crippen MR) is 69.1 cm³/mol. The standard InChI is InChI=1S/C13H24N2O2/c1-12(14)11-13-5-3-6-15(13)7-4-8-17-10-9-16-2/h3,5-6,12H,4,7-11,14H2,1-2H3. The van der Waals surface area contributed by atoms with Crippen LogP contribution < -0.4 is 5.73 Å². The fourth-order valence-corrected chi connectivity index (χ4v) is 1.76. The smallest absolute Gasteiger partial charge is 0.0700 e. The van der Waals surface area contributed by atoms with E-state index in [1.165, 1.54) is 5.69 Å². The zero-order valence-corrected chi connectivity index (χ0v) is 10.9. The van der Waals surface area contributed by atoms with Crippen molar-refractivity contribution in [2.24, 2.45) is 5.73 Å². The van der Waals surface area contributed by atoms with E-state index in [0.717, 1.165) is 26.0 Å². The van der Waals surface area contributed by atoms with Gasteiger partial charge in [0.2, 0.25) is 0 Å². The van der Waals surface area contributed by atoms with Crippen LogP contribution in [-0.2, 0) is 22.4 Å². The Morgan fingerprint density at radius 2 is 2.18 bits per heavy atom. The molecule has 0 aliphatic heterocycles. The van der Waals surface area contributed by atoms with E-state index < -0.39 is 0 Å². The van der Waals surface area contributed by atoms with Crippen LogP contribution in [-0.4, -0.2) is 37.5 Å². The number of aryl methyl sites for hydroxylation is 1. The molecule has 1 unspecified atom stereocenters. The van der Waals surface area contributed by atoms with Crippen molar-refractivity contribution in [1.82, 2.24) is 4.57 Å². The van der Waals surface area contributed by atoms with Gasteiger partial charge in [0.25, 0.3) is 0 Å². The maximum Gasteiger partial charge on any atom is 0.0700 e. The molecule has 2 N–H and O–H groups in total. The molecule has 1 atom stereocenters. The van der Waals surface area contributed by atoms with Crippen molar-refractivity contribution in [2.75, 3.05) is 26.9 Å². The van der Waals surface area contributed by atoms with E-state index in [1.807, 2.05) is 6.92 Å². The number of hydrogen-bond acceptors (Lipinski definition) is 3. The Kier molecular flexibility index (Phi) is 6.93. The van der Waals surface area contributed by atoms with Gasteiger partial charge in [0.05, 0.1) is 13.2 Å². The molecule has 1 aromatic heterocycles. The molecular formula is C13H24N2O2. The first-order chi connectivity index (χ1) is 8.24. The summed E-state index contributed by atoms with van der Waals surface area (Å²) in [4.78, 5) is 0. The summed E-state index contributed by atoms with van der Waals surface area (Å²) >= 11 is 0. The zero-order chi connectivity index (χ0) is 12.5. The van der Waals surface area contributed by atoms with Gasteiger partial charge in [0.1, 0.15) is 0 Å². The fraction of sp³-hybridized carbons (Fsp3) is 0.692. The average Bonchev–Trinajstić information content (AvgIpc) is 2.70. The molecule has 98 valence electrons. The summed E-state index contributed by atoms with van der Waals surface area (Å²) in [6, 6.07) is 4.42. The molecule has 1 aromatic rings. The van der Waals surface area contributed by atoms with Crippen molar-refractivity contribution in [3.8, 4) is 0 Å². The number of rotatable bonds is 9. The van der Waals surface area contributed by atoms with Crippen LogP contribution in [0.5, 0.6) is 0 Å². The first kappa shape index (κ1) is 14.2. The Bertz CT molecular complexity index is 297. The second-order valence-corrected chi connectivity index (χ2v) is 4.33. The number of nitrogens with two attached hydrogens (primary N) is 1. The van der Waals surface area contributed by atoms with Gasteiger partial charge in [0.15, 0.2) is 0 Å². The summed E-state index contributed by atoms with van der Waals surface area (Å²) in [5, 5.41) is 0. The maximum atomic E-state index is 5.81. The molecule has 0 amide bonds. The Morgan fingerprint density at radius 3 is 2.88 bits per heavy atom. The van der Waals surface area contributed by atoms with Crippen molar-refractivity contribution in [3.63, 3.8) is 0 Å². The number of nitrogens with zero attached hydrogens (tertiary/aromatic N) is 1. The summed E-state index contributed by atoms with van der Waals surface area (Å²) in [7, 11) is 1.68. The minimum absolute atomic E-state index is 0.210. The Labute approximate surface area is 104 Å². The largest absolute Gasteiger partial charge is 0.382 e. The van der Waals surface area contributed by atoms with Crippen molar-refractivity contribution in [2.45, 2.75) is 32.4 Å². The normalized spacial score (nSPS) is 12.9. The van der Waals surface area contributed by atoms with E-state index >= 15 is 0 Å². The summed E-state index contributed by atoms with van der Waals surface area (Å²) in [6.07, 6.45) is 4.05. The van der Waals surface area contributed by atoms with Gasteiger partial charge < -0.3 is 19.8 Å². The van der Waals surface area contributed by atoms with Gasteiger partial charge in [-0.1, -0.05) is 0 Å². The lowest BCUT2D eigenvalue weighted by atomic mass is 10.2. The van der Waals surface area contributed by atoms with Crippen molar-refractivity contribution in [3.05, 3.63) is 24.0 Å². The third-order valence-corrected chi connectivity index (χ3v) is 2.57. The van der Waals surface area contributed by atoms with Crippen LogP contribution in [0.2, 0.25) is 0 Å². The number of aromatic nitrogens is 1. The molecule has 0 aliphatic carbocycles. The Morgan fingerprint density at radius 1 is 1.35 bits per heavy atom. The third-order valence-electron chi connectivity index (χ3n) is 2.57. The highest BCUT2D eigenvalue weighted by molar-refractivity contribution is 5.08. The average molecular weight is 240 g/mol. The van der Waals surface area contributed by atoms with Gasteiger partial charge in [-0.2, -0.15) is 0 Å². The van der Waals surface area contributed by atoms with Gasteiger partial charge >= 0.3 is 0 Å². The van der Waals surface area contributed by atoms with E-state index in [4.69, 9.17) is 15.2 Å². The summed E-state index contributed by atoms with van der Waals surface area (Å²) in [5.41, 5.74) is 7.11. The highest BCUT2D eigenvalue weighted by atomic mass is 16.5. The molecule has 0 fully saturated rings. The topological polar surface area (TPSA) is 49.4 Å². The minimum atomic E-state index is 0.210. The molecule has 0 aliphatic rings. The number of methoxy groups -OCH3 is 1. The lowest BCUT2D eigenvalue weighted by Crippen LogP contribution is -2.20. The maximum absolute atomic E-state index is 5.81. The van der Waals surface area contributed by atoms with Crippen molar-refractivity contribution in [1.29, 1.82) is 0 Å². The van der Waals surface area contributed by atoms with Gasteiger partial charge in [0, 0.05) is 44.6 Å². The monoisotopic (exact) mass is 240 g/mol. The van der Waals surface area contributed by atoms with Crippen molar-refractivity contribution < 1.29 is 9.47 Å². The summed E-state index contributed by atoms with van der Waals surface area (Å²) < 4.78 is 12.6. The molecule has 0 saturated heterocycles. The predicted octanol–water partition coefficient (Wildman–Crippen LogP) is 1.43. The molecule has 0 radical (unpaired) electrons. The van der Waals surface area contributed by atoms with E-state index in [1.54, 1.807) is 7.11 Å². The molecule has 1 heterocycles. The van der Waals surface area contributed by atoms with Crippen LogP contribution in [0.25, 0.3) is 0 Å². The number of ether oxygens (including phenoxy) is 2. The van der Waals surface area contributed by atoms with Crippen molar-refractivity contribution >= 4 is 0 Å². The second kappa shape index (κ2) is 8.28. The second-order valence-electron chi connectivity index (χ2n) is 4.33. The van der Waals surface area contributed by atoms with Crippen LogP contribution in [0.3, 0.4) is 0 Å². The molecule has 0 saturated carbocycles. The molecule has 0 bridgehead atoms. The number of hydrogen-bond donors (Lipinski definition) is 1. The SMILES string of the molecule is COCCOCCCn1cccc1CC(C)N. The van der Waals surface area contributed by atoms with Crippen LogP contribution in [0.4, 0.5) is 0 Å². The molecule has 4 heteroatoms. The molecule has 0 aromatic carbocycles. The fourth-order valence-electron chi connectivity index (χ4n) is 1.76. The van der Waals surface area contributed by atoms with Gasteiger partial charge in [-0.25, -0.2) is 0 Å². The minimum Gasteiger partial charge on any atom is -0.382 e. The van der Waals surface area contributed by atoms with E-state index in [0.29, 0.717) is 13.2 Å². The van der Waals surface area contributed by atoms with Crippen LogP contribution in [0, 0.1) is 0 Å². The van der Waals surface area contributed by atoms with E-state index in [-0.39, 0.29) is 6.04 Å². The first-order valence-electron chi connectivity index (χ1n) is 6.20. The molecule has 17 heavy (non-hydrogen) atoms. The third kappa shape index (κ3) is 5.86. The molecule has 1 rings (SSSR count). The van der Waals surface area contributed by atoms with E-state index in [2.05, 4.69) is 22.9 Å². The lowest BCUT2D eigenvalue weighted by molar-refractivity contribution is 0.0679. The van der Waals surface area contributed by atoms with Crippen LogP contribution >= 0.6 is 0 Å². The molecular weight excluding hydrogens is 216 g/mol. The quantitative estimate of drug-likeness (QED) is 0.664. The Balaban J connectivity index is 2.20. The van der Waals surface area contributed by atoms with E-state index in [9.17, 15) is 0 Å². The lowest BCUT2D eigenvalue weighted by Gasteiger charge is -2.11. The van der Waals surface area contributed by atoms with Gasteiger partial charge in [-0.15, -0.1) is 0 Å². The highest BCUT2D eigenvalue weighted by Crippen LogP contribution is 2.06. The molecule has 4 nitrogen and oxygen atoms in total. The van der Waals surface area contributed by atoms with Crippen LogP contribution in [0.15, 0.2) is 18.3 Å². The van der Waals surface area contributed by atoms with Crippen LogP contribution in [0.1, 0.15) is 19.0 Å². The first-order valence-corrected chi connectivity index (χ1v) is 6.20. The van der Waals surface area contributed by atoms with Gasteiger partial charge in [-0.3, -0.25) is 0 Å².